The first-order chi connectivity index (χ1) is 12.5. The molecule has 1 aliphatic heterocycles. The summed E-state index contributed by atoms with van der Waals surface area (Å²) in [6, 6.07) is 9.49. The highest BCUT2D eigenvalue weighted by atomic mass is 35.5. The average Bonchev–Trinajstić information content (AvgIpc) is 2.64. The second-order valence-electron chi connectivity index (χ2n) is 6.18. The van der Waals surface area contributed by atoms with Gasteiger partial charge in [-0.05, 0) is 43.2 Å². The number of hydrogen-bond donors (Lipinski definition) is 1. The molecule has 1 fully saturated rings. The van der Waals surface area contributed by atoms with Crippen LogP contribution in [0.1, 0.15) is 23.2 Å². The maximum Gasteiger partial charge on any atom is 0.256 e. The molecule has 136 valence electrons. The van der Waals surface area contributed by atoms with E-state index in [4.69, 9.17) is 11.6 Å². The highest BCUT2D eigenvalue weighted by Gasteiger charge is 2.30. The summed E-state index contributed by atoms with van der Waals surface area (Å²) in [5.74, 6) is -2.25. The number of carbonyl (C=O) groups is 2. The lowest BCUT2D eigenvalue weighted by Crippen LogP contribution is -2.44. The minimum Gasteiger partial charge on any atom is -0.338 e. The number of likely N-dealkylation sites (tertiary alicyclic amines) is 1. The van der Waals surface area contributed by atoms with Gasteiger partial charge in [-0.25, -0.2) is 8.78 Å². The highest BCUT2D eigenvalue weighted by Crippen LogP contribution is 2.25. The van der Waals surface area contributed by atoms with Gasteiger partial charge in [-0.3, -0.25) is 9.59 Å². The van der Waals surface area contributed by atoms with Crippen LogP contribution in [-0.4, -0.2) is 29.8 Å². The molecule has 4 nitrogen and oxygen atoms in total. The number of rotatable bonds is 3. The predicted octanol–water partition coefficient (Wildman–Crippen LogP) is 4.11. The molecule has 7 heteroatoms. The van der Waals surface area contributed by atoms with Crippen LogP contribution in [0.25, 0.3) is 0 Å². The van der Waals surface area contributed by atoms with Crippen molar-refractivity contribution in [2.75, 3.05) is 18.4 Å². The molecule has 0 unspecified atom stereocenters. The molecule has 0 aromatic heterocycles. The van der Waals surface area contributed by atoms with Crippen LogP contribution in [0.5, 0.6) is 0 Å². The SMILES string of the molecule is O=C(Nc1ccc(F)cc1Cl)[C@@H]1CCCN(C(=O)c2ccccc2F)C1. The maximum atomic E-state index is 13.8. The Bertz CT molecular complexity index is 844. The quantitative estimate of drug-likeness (QED) is 0.873. The van der Waals surface area contributed by atoms with Crippen molar-refractivity contribution in [1.29, 1.82) is 0 Å². The Balaban J connectivity index is 1.69. The van der Waals surface area contributed by atoms with Crippen LogP contribution < -0.4 is 5.32 Å². The normalized spacial score (nSPS) is 17.0. The maximum absolute atomic E-state index is 13.8. The van der Waals surface area contributed by atoms with Crippen molar-refractivity contribution in [2.24, 2.45) is 5.92 Å². The minimum absolute atomic E-state index is 0.00450. The zero-order valence-corrected chi connectivity index (χ0v) is 14.6. The zero-order chi connectivity index (χ0) is 18.7. The number of nitrogens with one attached hydrogen (secondary N) is 1. The van der Waals surface area contributed by atoms with Gasteiger partial charge in [0.15, 0.2) is 0 Å². The fourth-order valence-electron chi connectivity index (χ4n) is 3.01. The monoisotopic (exact) mass is 378 g/mol. The van der Waals surface area contributed by atoms with Gasteiger partial charge in [0.25, 0.3) is 5.91 Å². The van der Waals surface area contributed by atoms with Gasteiger partial charge < -0.3 is 10.2 Å². The molecule has 1 N–H and O–H groups in total. The summed E-state index contributed by atoms with van der Waals surface area (Å²) >= 11 is 5.93. The second kappa shape index (κ2) is 7.83. The van der Waals surface area contributed by atoms with E-state index < -0.39 is 23.5 Å². The molecule has 2 aromatic carbocycles. The highest BCUT2D eigenvalue weighted by molar-refractivity contribution is 6.33. The Labute approximate surface area is 154 Å². The van der Waals surface area contributed by atoms with E-state index in [0.29, 0.717) is 25.1 Å². The molecule has 2 aromatic rings. The number of piperidine rings is 1. The Morgan fingerprint density at radius 2 is 1.92 bits per heavy atom. The van der Waals surface area contributed by atoms with Crippen molar-refractivity contribution >= 4 is 29.1 Å². The molecule has 3 rings (SSSR count). The minimum atomic E-state index is -0.581. The summed E-state index contributed by atoms with van der Waals surface area (Å²) in [5.41, 5.74) is 0.311. The Hall–Kier alpha value is -2.47. The van der Waals surface area contributed by atoms with Crippen LogP contribution in [0.4, 0.5) is 14.5 Å². The van der Waals surface area contributed by atoms with Crippen molar-refractivity contribution in [3.8, 4) is 0 Å². The topological polar surface area (TPSA) is 49.4 Å². The standard InChI is InChI=1S/C19H17ClF2N2O2/c20-15-10-13(21)7-8-17(15)23-18(25)12-4-3-9-24(11-12)19(26)14-5-1-2-6-16(14)22/h1-2,5-8,10,12H,3-4,9,11H2,(H,23,25)/t12-/m1/s1. The zero-order valence-electron chi connectivity index (χ0n) is 13.8. The van der Waals surface area contributed by atoms with Crippen molar-refractivity contribution in [1.82, 2.24) is 4.90 Å². The van der Waals surface area contributed by atoms with Gasteiger partial charge in [-0.15, -0.1) is 0 Å². The number of anilines is 1. The predicted molar refractivity (Wildman–Crippen MR) is 95.1 cm³/mol. The van der Waals surface area contributed by atoms with Crippen LogP contribution >= 0.6 is 11.6 Å². The van der Waals surface area contributed by atoms with Crippen molar-refractivity contribution in [3.63, 3.8) is 0 Å². The van der Waals surface area contributed by atoms with Gasteiger partial charge in [0, 0.05) is 13.1 Å². The summed E-state index contributed by atoms with van der Waals surface area (Å²) < 4.78 is 26.9. The van der Waals surface area contributed by atoms with Gasteiger partial charge in [-0.1, -0.05) is 23.7 Å². The van der Waals surface area contributed by atoms with E-state index in [0.717, 1.165) is 6.07 Å². The van der Waals surface area contributed by atoms with Crippen molar-refractivity contribution in [3.05, 3.63) is 64.7 Å². The molecular weight excluding hydrogens is 362 g/mol. The first-order valence-electron chi connectivity index (χ1n) is 8.25. The number of benzene rings is 2. The second-order valence-corrected chi connectivity index (χ2v) is 6.59. The molecule has 1 atom stereocenters. The van der Waals surface area contributed by atoms with Crippen LogP contribution in [0.2, 0.25) is 5.02 Å². The molecule has 0 radical (unpaired) electrons. The number of amides is 2. The van der Waals surface area contributed by atoms with E-state index in [9.17, 15) is 18.4 Å². The lowest BCUT2D eigenvalue weighted by molar-refractivity contribution is -0.121. The Kier molecular flexibility index (Phi) is 5.52. The van der Waals surface area contributed by atoms with Gasteiger partial charge in [-0.2, -0.15) is 0 Å². The summed E-state index contributed by atoms with van der Waals surface area (Å²) in [5, 5.41) is 2.77. The number of nitrogens with zero attached hydrogens (tertiary/aromatic N) is 1. The van der Waals surface area contributed by atoms with Gasteiger partial charge in [0.05, 0.1) is 22.2 Å². The molecular formula is C19H17ClF2N2O2. The molecule has 1 aliphatic rings. The van der Waals surface area contributed by atoms with Crippen LogP contribution in [0.15, 0.2) is 42.5 Å². The fourth-order valence-corrected chi connectivity index (χ4v) is 3.22. The van der Waals surface area contributed by atoms with E-state index in [-0.39, 0.29) is 23.0 Å². The van der Waals surface area contributed by atoms with Crippen LogP contribution in [0, 0.1) is 17.6 Å². The lowest BCUT2D eigenvalue weighted by atomic mass is 9.96. The molecule has 0 aliphatic carbocycles. The molecule has 1 heterocycles. The van der Waals surface area contributed by atoms with E-state index in [1.807, 2.05) is 0 Å². The summed E-state index contributed by atoms with van der Waals surface area (Å²) in [6.07, 6.45) is 1.24. The van der Waals surface area contributed by atoms with Gasteiger partial charge in [0.1, 0.15) is 11.6 Å². The number of hydrogen-bond acceptors (Lipinski definition) is 2. The first kappa shape index (κ1) is 18.3. The summed E-state index contributed by atoms with van der Waals surface area (Å²) in [4.78, 5) is 26.5. The van der Waals surface area contributed by atoms with E-state index in [2.05, 4.69) is 5.32 Å². The molecule has 1 saturated heterocycles. The molecule has 0 bridgehead atoms. The van der Waals surface area contributed by atoms with Crippen LogP contribution in [0.3, 0.4) is 0 Å². The smallest absolute Gasteiger partial charge is 0.256 e. The van der Waals surface area contributed by atoms with E-state index in [1.165, 1.54) is 35.2 Å². The summed E-state index contributed by atoms with van der Waals surface area (Å²) in [7, 11) is 0. The number of carbonyl (C=O) groups excluding carboxylic acids is 2. The Morgan fingerprint density at radius 1 is 1.15 bits per heavy atom. The van der Waals surface area contributed by atoms with E-state index in [1.54, 1.807) is 6.07 Å². The third kappa shape index (κ3) is 4.02. The molecule has 0 spiro atoms. The third-order valence-corrected chi connectivity index (χ3v) is 4.69. The molecule has 2 amide bonds. The largest absolute Gasteiger partial charge is 0.338 e. The van der Waals surface area contributed by atoms with Crippen molar-refractivity contribution in [2.45, 2.75) is 12.8 Å². The number of halogens is 3. The first-order valence-corrected chi connectivity index (χ1v) is 8.63. The average molecular weight is 379 g/mol. The van der Waals surface area contributed by atoms with Gasteiger partial charge >= 0.3 is 0 Å². The van der Waals surface area contributed by atoms with E-state index >= 15 is 0 Å². The molecule has 26 heavy (non-hydrogen) atoms. The fraction of sp³-hybridized carbons (Fsp3) is 0.263. The van der Waals surface area contributed by atoms with Crippen molar-refractivity contribution < 1.29 is 18.4 Å². The summed E-state index contributed by atoms with van der Waals surface area (Å²) in [6.45, 7) is 0.659. The van der Waals surface area contributed by atoms with Gasteiger partial charge in [0.2, 0.25) is 5.91 Å². The molecule has 0 saturated carbocycles. The third-order valence-electron chi connectivity index (χ3n) is 4.37. The Morgan fingerprint density at radius 3 is 2.65 bits per heavy atom. The van der Waals surface area contributed by atoms with Crippen LogP contribution in [-0.2, 0) is 4.79 Å². The lowest BCUT2D eigenvalue weighted by Gasteiger charge is -2.32.